The molecular weight excluding hydrogens is 271 g/mol. The lowest BCUT2D eigenvalue weighted by atomic mass is 10.1. The van der Waals surface area contributed by atoms with E-state index in [9.17, 15) is 4.39 Å². The molecule has 20 heavy (non-hydrogen) atoms. The van der Waals surface area contributed by atoms with Crippen LogP contribution in [-0.2, 0) is 6.54 Å². The van der Waals surface area contributed by atoms with E-state index in [1.165, 1.54) is 0 Å². The third kappa shape index (κ3) is 4.13. The normalized spacial score (nSPS) is 20.2. The van der Waals surface area contributed by atoms with Crippen molar-refractivity contribution in [2.75, 3.05) is 23.7 Å². The quantitative estimate of drug-likeness (QED) is 0.916. The number of para-hydroxylation sites is 1. The van der Waals surface area contributed by atoms with Gasteiger partial charge in [-0.3, -0.25) is 0 Å². The van der Waals surface area contributed by atoms with E-state index in [2.05, 4.69) is 37.9 Å². The topological polar surface area (TPSA) is 15.3 Å². The van der Waals surface area contributed by atoms with Gasteiger partial charge in [0.05, 0.1) is 5.69 Å². The van der Waals surface area contributed by atoms with Crippen LogP contribution in [0.2, 0.25) is 0 Å². The second-order valence-electron chi connectivity index (χ2n) is 6.48. The van der Waals surface area contributed by atoms with Crippen LogP contribution < -0.4 is 10.2 Å². The number of nitrogens with one attached hydrogen (secondary N) is 1. The largest absolute Gasteiger partial charge is 0.367 e. The first-order valence-corrected chi connectivity index (χ1v) is 8.30. The van der Waals surface area contributed by atoms with Crippen LogP contribution in [0.5, 0.6) is 0 Å². The van der Waals surface area contributed by atoms with Crippen molar-refractivity contribution in [3.05, 3.63) is 29.6 Å². The summed E-state index contributed by atoms with van der Waals surface area (Å²) in [4.78, 5) is 2.20. The summed E-state index contributed by atoms with van der Waals surface area (Å²) in [6.07, 6.45) is 0. The van der Waals surface area contributed by atoms with Gasteiger partial charge in [0.25, 0.3) is 0 Å². The zero-order chi connectivity index (χ0) is 14.8. The first-order chi connectivity index (χ1) is 9.37. The van der Waals surface area contributed by atoms with E-state index in [0.29, 0.717) is 11.8 Å². The summed E-state index contributed by atoms with van der Waals surface area (Å²) in [6.45, 7) is 11.2. The fraction of sp³-hybridized carbons (Fsp3) is 0.625. The van der Waals surface area contributed by atoms with Gasteiger partial charge in [0, 0.05) is 36.2 Å². The van der Waals surface area contributed by atoms with E-state index < -0.39 is 0 Å². The molecule has 1 aromatic carbocycles. The van der Waals surface area contributed by atoms with E-state index in [1.54, 1.807) is 12.1 Å². The minimum atomic E-state index is -0.0997. The van der Waals surface area contributed by atoms with Crippen molar-refractivity contribution in [1.82, 2.24) is 5.32 Å². The second kappa shape index (κ2) is 6.35. The Kier molecular flexibility index (Phi) is 4.97. The summed E-state index contributed by atoms with van der Waals surface area (Å²) >= 11 is 1.97. The molecule has 0 bridgehead atoms. The zero-order valence-electron chi connectivity index (χ0n) is 12.9. The minimum Gasteiger partial charge on any atom is -0.367 e. The van der Waals surface area contributed by atoms with Crippen molar-refractivity contribution < 1.29 is 4.39 Å². The smallest absolute Gasteiger partial charge is 0.146 e. The van der Waals surface area contributed by atoms with Gasteiger partial charge >= 0.3 is 0 Å². The van der Waals surface area contributed by atoms with Crippen LogP contribution >= 0.6 is 11.8 Å². The molecule has 0 aliphatic carbocycles. The molecular formula is C16H25FN2S. The maximum atomic E-state index is 14.3. The molecule has 1 heterocycles. The van der Waals surface area contributed by atoms with Crippen LogP contribution in [0.25, 0.3) is 0 Å². The highest BCUT2D eigenvalue weighted by atomic mass is 32.2. The monoisotopic (exact) mass is 296 g/mol. The van der Waals surface area contributed by atoms with Crippen molar-refractivity contribution in [3.8, 4) is 0 Å². The average Bonchev–Trinajstić information content (AvgIpc) is 2.35. The van der Waals surface area contributed by atoms with Crippen molar-refractivity contribution in [2.24, 2.45) is 0 Å². The molecule has 1 unspecified atom stereocenters. The van der Waals surface area contributed by atoms with Crippen molar-refractivity contribution in [2.45, 2.75) is 45.0 Å². The van der Waals surface area contributed by atoms with Crippen molar-refractivity contribution in [1.29, 1.82) is 0 Å². The molecule has 1 aliphatic rings. The van der Waals surface area contributed by atoms with Crippen LogP contribution in [0.3, 0.4) is 0 Å². The van der Waals surface area contributed by atoms with Gasteiger partial charge in [-0.2, -0.15) is 11.8 Å². The zero-order valence-corrected chi connectivity index (χ0v) is 13.7. The summed E-state index contributed by atoms with van der Waals surface area (Å²) in [5, 5.41) is 4.02. The maximum absolute atomic E-state index is 14.3. The molecule has 0 amide bonds. The molecule has 1 atom stereocenters. The number of halogens is 1. The fourth-order valence-electron chi connectivity index (χ4n) is 2.44. The van der Waals surface area contributed by atoms with Crippen LogP contribution in [-0.4, -0.2) is 29.6 Å². The third-order valence-electron chi connectivity index (χ3n) is 3.44. The molecule has 0 radical (unpaired) electrons. The predicted molar refractivity (Wildman–Crippen MR) is 87.1 cm³/mol. The number of hydrogen-bond acceptors (Lipinski definition) is 3. The molecule has 0 saturated carbocycles. The third-order valence-corrected chi connectivity index (χ3v) is 4.57. The highest BCUT2D eigenvalue weighted by Gasteiger charge is 2.22. The second-order valence-corrected chi connectivity index (χ2v) is 8.02. The van der Waals surface area contributed by atoms with Crippen LogP contribution in [0.4, 0.5) is 10.1 Å². The SMILES string of the molecule is CC1CN(c2c(F)cccc2CNC(C)(C)C)CCS1. The fourth-order valence-corrected chi connectivity index (χ4v) is 3.45. The number of anilines is 1. The van der Waals surface area contributed by atoms with E-state index in [-0.39, 0.29) is 11.4 Å². The minimum absolute atomic E-state index is 0.0363. The molecule has 2 nitrogen and oxygen atoms in total. The number of hydrogen-bond donors (Lipinski definition) is 1. The average molecular weight is 296 g/mol. The lowest BCUT2D eigenvalue weighted by Crippen LogP contribution is -2.39. The van der Waals surface area contributed by atoms with E-state index in [1.807, 2.05) is 17.8 Å². The van der Waals surface area contributed by atoms with E-state index >= 15 is 0 Å². The Morgan fingerprint density at radius 3 is 2.80 bits per heavy atom. The summed E-state index contributed by atoms with van der Waals surface area (Å²) in [6, 6.07) is 5.41. The lowest BCUT2D eigenvalue weighted by molar-refractivity contribution is 0.423. The van der Waals surface area contributed by atoms with Gasteiger partial charge in [0.15, 0.2) is 0 Å². The van der Waals surface area contributed by atoms with Crippen LogP contribution in [0.15, 0.2) is 18.2 Å². The van der Waals surface area contributed by atoms with Crippen molar-refractivity contribution >= 4 is 17.4 Å². The van der Waals surface area contributed by atoms with Crippen LogP contribution in [0.1, 0.15) is 33.3 Å². The van der Waals surface area contributed by atoms with Crippen molar-refractivity contribution in [3.63, 3.8) is 0 Å². The Labute approximate surface area is 126 Å². The number of benzene rings is 1. The molecule has 1 fully saturated rings. The van der Waals surface area contributed by atoms with Gasteiger partial charge in [-0.15, -0.1) is 0 Å². The van der Waals surface area contributed by atoms with E-state index in [4.69, 9.17) is 0 Å². The molecule has 0 aromatic heterocycles. The highest BCUT2D eigenvalue weighted by molar-refractivity contribution is 8.00. The number of thioether (sulfide) groups is 1. The van der Waals surface area contributed by atoms with Gasteiger partial charge in [-0.25, -0.2) is 4.39 Å². The Morgan fingerprint density at radius 1 is 1.40 bits per heavy atom. The molecule has 112 valence electrons. The Balaban J connectivity index is 2.21. The molecule has 1 N–H and O–H groups in total. The number of rotatable bonds is 3. The Morgan fingerprint density at radius 2 is 2.15 bits per heavy atom. The standard InChI is InChI=1S/C16H25FN2S/c1-12-11-19(8-9-20-12)15-13(6-5-7-14(15)17)10-18-16(2,3)4/h5-7,12,18H,8-11H2,1-4H3. The summed E-state index contributed by atoms with van der Waals surface area (Å²) in [7, 11) is 0. The van der Waals surface area contributed by atoms with E-state index in [0.717, 1.165) is 30.1 Å². The van der Waals surface area contributed by atoms with Gasteiger partial charge in [0.1, 0.15) is 5.82 Å². The molecule has 1 aliphatic heterocycles. The molecule has 0 spiro atoms. The molecule has 1 aromatic rings. The molecule has 4 heteroatoms. The summed E-state index contributed by atoms with van der Waals surface area (Å²) in [5.74, 6) is 0.971. The summed E-state index contributed by atoms with van der Waals surface area (Å²) < 4.78 is 14.3. The molecule has 1 saturated heterocycles. The summed E-state index contributed by atoms with van der Waals surface area (Å²) in [5.41, 5.74) is 1.88. The van der Waals surface area contributed by atoms with Gasteiger partial charge in [-0.05, 0) is 32.4 Å². The first-order valence-electron chi connectivity index (χ1n) is 7.26. The number of nitrogens with zero attached hydrogens (tertiary/aromatic N) is 1. The first kappa shape index (κ1) is 15.6. The predicted octanol–water partition coefficient (Wildman–Crippen LogP) is 3.66. The lowest BCUT2D eigenvalue weighted by Gasteiger charge is -2.34. The van der Waals surface area contributed by atoms with Gasteiger partial charge in [-0.1, -0.05) is 19.1 Å². The Bertz CT molecular complexity index is 456. The van der Waals surface area contributed by atoms with Crippen LogP contribution in [0, 0.1) is 5.82 Å². The van der Waals surface area contributed by atoms with Gasteiger partial charge < -0.3 is 10.2 Å². The Hall–Kier alpha value is -0.740. The maximum Gasteiger partial charge on any atom is 0.146 e. The molecule has 2 rings (SSSR count). The van der Waals surface area contributed by atoms with Gasteiger partial charge in [0.2, 0.25) is 0 Å². The highest BCUT2D eigenvalue weighted by Crippen LogP contribution is 2.29.